The van der Waals surface area contributed by atoms with Crippen molar-refractivity contribution in [3.63, 3.8) is 0 Å². The first-order valence-corrected chi connectivity index (χ1v) is 17.6. The fourth-order valence-electron chi connectivity index (χ4n) is 6.58. The Hall–Kier alpha value is -6.74. The van der Waals surface area contributed by atoms with Crippen molar-refractivity contribution in [2.75, 3.05) is 0 Å². The first-order chi connectivity index (χ1) is 25.2. The smallest absolute Gasteiger partial charge is 0.164 e. The molecule has 7 aromatic carbocycles. The van der Waals surface area contributed by atoms with Gasteiger partial charge in [-0.15, -0.1) is 11.3 Å². The fourth-order valence-corrected chi connectivity index (χ4v) is 7.75. The van der Waals surface area contributed by atoms with Crippen LogP contribution in [-0.2, 0) is 0 Å². The molecule has 0 atom stereocenters. The van der Waals surface area contributed by atoms with Gasteiger partial charge in [0.15, 0.2) is 17.5 Å². The quantitative estimate of drug-likeness (QED) is 0.177. The average Bonchev–Trinajstić information content (AvgIpc) is 3.60. The number of benzene rings is 7. The van der Waals surface area contributed by atoms with E-state index in [1.165, 1.54) is 31.3 Å². The Balaban J connectivity index is 1.15. The molecule has 238 valence electrons. The van der Waals surface area contributed by atoms with E-state index in [1.54, 1.807) is 11.3 Å². The van der Waals surface area contributed by atoms with Crippen LogP contribution >= 0.6 is 11.3 Å². The Labute approximate surface area is 299 Å². The lowest BCUT2D eigenvalue weighted by Gasteiger charge is -2.10. The SMILES string of the molecule is N#Cc1ccc(-c2ccc(-c3nc(-c4ccc(-c5ccccc5)cc4)nc(-c4ccc5c(c4)sc4cccc(-c6ccccc6)c45)n3)cc2)cc1. The second-order valence-corrected chi connectivity index (χ2v) is 13.5. The molecule has 0 spiro atoms. The molecule has 2 heterocycles. The Morgan fingerprint density at radius 2 is 0.863 bits per heavy atom. The summed E-state index contributed by atoms with van der Waals surface area (Å²) in [6.07, 6.45) is 0. The Morgan fingerprint density at radius 3 is 1.43 bits per heavy atom. The predicted octanol–water partition coefficient (Wildman–Crippen LogP) is 12.1. The number of fused-ring (bicyclic) bond motifs is 3. The number of nitriles is 1. The molecule has 0 unspecified atom stereocenters. The van der Waals surface area contributed by atoms with Crippen LogP contribution in [0.25, 0.3) is 87.7 Å². The second-order valence-electron chi connectivity index (χ2n) is 12.4. The van der Waals surface area contributed by atoms with E-state index in [0.29, 0.717) is 23.0 Å². The van der Waals surface area contributed by atoms with Crippen LogP contribution in [0.1, 0.15) is 5.56 Å². The number of hydrogen-bond acceptors (Lipinski definition) is 5. The summed E-state index contributed by atoms with van der Waals surface area (Å²) in [5.74, 6) is 1.85. The van der Waals surface area contributed by atoms with Gasteiger partial charge in [0.05, 0.1) is 11.6 Å². The summed E-state index contributed by atoms with van der Waals surface area (Å²) in [6, 6.07) is 60.5. The summed E-state index contributed by atoms with van der Waals surface area (Å²) >= 11 is 1.79. The van der Waals surface area contributed by atoms with Gasteiger partial charge in [0.1, 0.15) is 0 Å². The molecule has 0 saturated carbocycles. The van der Waals surface area contributed by atoms with Crippen LogP contribution in [0.5, 0.6) is 0 Å². The molecule has 0 fully saturated rings. The summed E-state index contributed by atoms with van der Waals surface area (Å²) in [5, 5.41) is 11.7. The van der Waals surface area contributed by atoms with Crippen molar-refractivity contribution in [3.05, 3.63) is 175 Å². The summed E-state index contributed by atoms with van der Waals surface area (Å²) in [6.45, 7) is 0. The minimum Gasteiger partial charge on any atom is -0.208 e. The highest BCUT2D eigenvalue weighted by molar-refractivity contribution is 7.26. The Bertz CT molecular complexity index is 2710. The molecule has 0 aliphatic rings. The van der Waals surface area contributed by atoms with Gasteiger partial charge in [0.25, 0.3) is 0 Å². The molecule has 2 aromatic heterocycles. The van der Waals surface area contributed by atoms with E-state index in [4.69, 9.17) is 15.0 Å². The van der Waals surface area contributed by atoms with Gasteiger partial charge in [0.2, 0.25) is 0 Å². The number of rotatable bonds is 6. The monoisotopic (exact) mass is 668 g/mol. The minimum absolute atomic E-state index is 0.608. The van der Waals surface area contributed by atoms with Crippen LogP contribution in [-0.4, -0.2) is 15.0 Å². The van der Waals surface area contributed by atoms with E-state index in [9.17, 15) is 5.26 Å². The molecule has 0 amide bonds. The zero-order chi connectivity index (χ0) is 34.1. The first kappa shape index (κ1) is 30.3. The van der Waals surface area contributed by atoms with Crippen molar-refractivity contribution in [1.82, 2.24) is 15.0 Å². The van der Waals surface area contributed by atoms with Crippen molar-refractivity contribution in [1.29, 1.82) is 5.26 Å². The van der Waals surface area contributed by atoms with Gasteiger partial charge in [-0.2, -0.15) is 5.26 Å². The van der Waals surface area contributed by atoms with Crippen molar-refractivity contribution in [3.8, 4) is 73.6 Å². The van der Waals surface area contributed by atoms with Gasteiger partial charge in [-0.05, 0) is 57.6 Å². The number of nitrogens with zero attached hydrogens (tertiary/aromatic N) is 4. The molecular formula is C46H28N4S. The van der Waals surface area contributed by atoms with Gasteiger partial charge in [0, 0.05) is 36.9 Å². The zero-order valence-corrected chi connectivity index (χ0v) is 28.2. The third-order valence-electron chi connectivity index (χ3n) is 9.22. The summed E-state index contributed by atoms with van der Waals surface area (Å²) in [4.78, 5) is 15.1. The maximum Gasteiger partial charge on any atom is 0.164 e. The fraction of sp³-hybridized carbons (Fsp3) is 0. The molecule has 51 heavy (non-hydrogen) atoms. The maximum atomic E-state index is 9.21. The van der Waals surface area contributed by atoms with Gasteiger partial charge in [-0.1, -0.05) is 146 Å². The van der Waals surface area contributed by atoms with E-state index in [-0.39, 0.29) is 0 Å². The van der Waals surface area contributed by atoms with Gasteiger partial charge >= 0.3 is 0 Å². The Kier molecular flexibility index (Phi) is 7.70. The molecule has 0 aliphatic carbocycles. The van der Waals surface area contributed by atoms with Crippen LogP contribution in [0.4, 0.5) is 0 Å². The molecule has 9 aromatic rings. The van der Waals surface area contributed by atoms with E-state index < -0.39 is 0 Å². The molecule has 0 bridgehead atoms. The highest BCUT2D eigenvalue weighted by Gasteiger charge is 2.16. The van der Waals surface area contributed by atoms with E-state index in [2.05, 4.69) is 146 Å². The van der Waals surface area contributed by atoms with Crippen molar-refractivity contribution in [2.45, 2.75) is 0 Å². The molecule has 9 rings (SSSR count). The third-order valence-corrected chi connectivity index (χ3v) is 10.3. The van der Waals surface area contributed by atoms with Gasteiger partial charge in [-0.3, -0.25) is 0 Å². The molecule has 0 saturated heterocycles. The van der Waals surface area contributed by atoms with Crippen LogP contribution in [0, 0.1) is 11.3 Å². The summed E-state index contributed by atoms with van der Waals surface area (Å²) in [5.41, 5.74) is 10.2. The second kappa shape index (κ2) is 12.9. The zero-order valence-electron chi connectivity index (χ0n) is 27.4. The number of thiophene rings is 1. The topological polar surface area (TPSA) is 62.5 Å². The summed E-state index contributed by atoms with van der Waals surface area (Å²) < 4.78 is 2.44. The van der Waals surface area contributed by atoms with E-state index >= 15 is 0 Å². The van der Waals surface area contributed by atoms with E-state index in [0.717, 1.165) is 38.9 Å². The molecule has 5 heteroatoms. The highest BCUT2D eigenvalue weighted by Crippen LogP contribution is 2.41. The number of hydrogen-bond donors (Lipinski definition) is 0. The van der Waals surface area contributed by atoms with Crippen molar-refractivity contribution < 1.29 is 0 Å². The minimum atomic E-state index is 0.608. The molecule has 0 aliphatic heterocycles. The third kappa shape index (κ3) is 5.84. The summed E-state index contributed by atoms with van der Waals surface area (Å²) in [7, 11) is 0. The first-order valence-electron chi connectivity index (χ1n) is 16.7. The highest BCUT2D eigenvalue weighted by atomic mass is 32.1. The van der Waals surface area contributed by atoms with Crippen LogP contribution in [0.2, 0.25) is 0 Å². The van der Waals surface area contributed by atoms with Crippen LogP contribution in [0.15, 0.2) is 170 Å². The molecule has 4 nitrogen and oxygen atoms in total. The predicted molar refractivity (Wildman–Crippen MR) is 210 cm³/mol. The van der Waals surface area contributed by atoms with Crippen LogP contribution < -0.4 is 0 Å². The lowest BCUT2D eigenvalue weighted by Crippen LogP contribution is -2.00. The lowest BCUT2D eigenvalue weighted by atomic mass is 9.99. The standard InChI is InChI=1S/C46H28N4S/c47-29-30-14-16-32(17-15-30)34-20-24-37(25-21-34)45-48-44(36-22-18-33(19-23-36)31-8-3-1-4-9-31)49-46(50-45)38-26-27-40-42(28-38)51-41-13-7-12-39(43(40)41)35-10-5-2-6-11-35/h1-28H. The number of aromatic nitrogens is 3. The Morgan fingerprint density at radius 1 is 0.392 bits per heavy atom. The average molecular weight is 669 g/mol. The largest absolute Gasteiger partial charge is 0.208 e. The van der Waals surface area contributed by atoms with Crippen molar-refractivity contribution >= 4 is 31.5 Å². The maximum absolute atomic E-state index is 9.21. The molecule has 0 radical (unpaired) electrons. The van der Waals surface area contributed by atoms with Crippen LogP contribution in [0.3, 0.4) is 0 Å². The van der Waals surface area contributed by atoms with E-state index in [1.807, 2.05) is 30.3 Å². The van der Waals surface area contributed by atoms with Gasteiger partial charge in [-0.25, -0.2) is 15.0 Å². The van der Waals surface area contributed by atoms with Gasteiger partial charge < -0.3 is 0 Å². The normalized spacial score (nSPS) is 11.1. The van der Waals surface area contributed by atoms with Crippen molar-refractivity contribution in [2.24, 2.45) is 0 Å². The molecular weight excluding hydrogens is 641 g/mol. The molecule has 0 N–H and O–H groups in total. The lowest BCUT2D eigenvalue weighted by molar-refractivity contribution is 1.07.